The number of hydrogen-bond acceptors (Lipinski definition) is 5. The molecule has 0 heterocycles. The average Bonchev–Trinajstić information content (AvgIpc) is 2.36. The molecule has 1 aromatic rings. The zero-order chi connectivity index (χ0) is 14.4. The second-order valence-corrected chi connectivity index (χ2v) is 3.37. The van der Waals surface area contributed by atoms with E-state index in [-0.39, 0.29) is 17.1 Å². The molecule has 0 atom stereocenters. The SMILES string of the molecule is COc1ccc(NC(=O)C=CC(N)=O)c([N+](=O)[O-])c1. The number of nitrogens with one attached hydrogen (secondary N) is 1. The van der Waals surface area contributed by atoms with E-state index in [0.29, 0.717) is 0 Å². The lowest BCUT2D eigenvalue weighted by Crippen LogP contribution is -2.12. The minimum Gasteiger partial charge on any atom is -0.496 e. The van der Waals surface area contributed by atoms with Crippen LogP contribution in [0.4, 0.5) is 11.4 Å². The Bertz CT molecular complexity index is 553. The highest BCUT2D eigenvalue weighted by atomic mass is 16.6. The first-order chi connectivity index (χ1) is 8.93. The van der Waals surface area contributed by atoms with E-state index in [1.165, 1.54) is 25.3 Å². The lowest BCUT2D eigenvalue weighted by molar-refractivity contribution is -0.384. The number of carbonyl (C=O) groups excluding carboxylic acids is 2. The number of nitrogens with two attached hydrogens (primary N) is 1. The second kappa shape index (κ2) is 6.15. The normalized spacial score (nSPS) is 10.2. The lowest BCUT2D eigenvalue weighted by atomic mass is 10.2. The monoisotopic (exact) mass is 265 g/mol. The molecule has 8 heteroatoms. The molecule has 0 bridgehead atoms. The van der Waals surface area contributed by atoms with Gasteiger partial charge in [-0.3, -0.25) is 19.7 Å². The summed E-state index contributed by atoms with van der Waals surface area (Å²) < 4.78 is 4.85. The predicted molar refractivity (Wildman–Crippen MR) is 66.6 cm³/mol. The molecule has 0 fully saturated rings. The minimum atomic E-state index is -0.792. The smallest absolute Gasteiger partial charge is 0.296 e. The summed E-state index contributed by atoms with van der Waals surface area (Å²) in [6, 6.07) is 3.96. The average molecular weight is 265 g/mol. The molecule has 0 unspecified atom stereocenters. The molecule has 0 spiro atoms. The Labute approximate surface area is 108 Å². The predicted octanol–water partition coefficient (Wildman–Crippen LogP) is 0.583. The fourth-order valence-electron chi connectivity index (χ4n) is 1.23. The highest BCUT2D eigenvalue weighted by Crippen LogP contribution is 2.28. The van der Waals surface area contributed by atoms with Gasteiger partial charge in [0.25, 0.3) is 5.69 Å². The van der Waals surface area contributed by atoms with Crippen molar-refractivity contribution in [2.24, 2.45) is 5.73 Å². The van der Waals surface area contributed by atoms with Crippen molar-refractivity contribution in [1.29, 1.82) is 0 Å². The van der Waals surface area contributed by atoms with Crippen LogP contribution < -0.4 is 15.8 Å². The molecule has 1 rings (SSSR count). The van der Waals surface area contributed by atoms with Crippen molar-refractivity contribution in [3.63, 3.8) is 0 Å². The molecule has 0 aromatic heterocycles. The van der Waals surface area contributed by atoms with E-state index in [1.807, 2.05) is 0 Å². The third-order valence-corrected chi connectivity index (χ3v) is 2.06. The molecule has 1 aromatic carbocycles. The minimum absolute atomic E-state index is 0.00933. The van der Waals surface area contributed by atoms with Gasteiger partial charge in [-0.25, -0.2) is 0 Å². The first-order valence-corrected chi connectivity index (χ1v) is 5.05. The van der Waals surface area contributed by atoms with Gasteiger partial charge in [0.2, 0.25) is 11.8 Å². The van der Waals surface area contributed by atoms with Gasteiger partial charge in [-0.05, 0) is 12.1 Å². The van der Waals surface area contributed by atoms with E-state index in [2.05, 4.69) is 5.32 Å². The molecule has 8 nitrogen and oxygen atoms in total. The number of benzene rings is 1. The van der Waals surface area contributed by atoms with Crippen LogP contribution in [-0.4, -0.2) is 23.8 Å². The Morgan fingerprint density at radius 1 is 1.42 bits per heavy atom. The lowest BCUT2D eigenvalue weighted by Gasteiger charge is -2.05. The Balaban J connectivity index is 2.97. The van der Waals surface area contributed by atoms with Gasteiger partial charge < -0.3 is 15.8 Å². The van der Waals surface area contributed by atoms with Crippen LogP contribution in [0.1, 0.15) is 0 Å². The Morgan fingerprint density at radius 3 is 2.63 bits per heavy atom. The van der Waals surface area contributed by atoms with E-state index in [1.54, 1.807) is 0 Å². The first kappa shape index (κ1) is 14.2. The number of carbonyl (C=O) groups is 2. The van der Waals surface area contributed by atoms with E-state index < -0.39 is 16.7 Å². The Morgan fingerprint density at radius 2 is 2.11 bits per heavy atom. The van der Waals surface area contributed by atoms with Gasteiger partial charge in [-0.15, -0.1) is 0 Å². The second-order valence-electron chi connectivity index (χ2n) is 3.37. The Hall–Kier alpha value is -2.90. The van der Waals surface area contributed by atoms with Gasteiger partial charge in [-0.1, -0.05) is 0 Å². The number of nitro groups is 1. The molecule has 100 valence electrons. The molecule has 0 aliphatic rings. The van der Waals surface area contributed by atoms with Gasteiger partial charge in [0.1, 0.15) is 11.4 Å². The number of amides is 2. The van der Waals surface area contributed by atoms with E-state index >= 15 is 0 Å². The molecular weight excluding hydrogens is 254 g/mol. The van der Waals surface area contributed by atoms with Crippen molar-refractivity contribution in [2.75, 3.05) is 12.4 Å². The van der Waals surface area contributed by atoms with Gasteiger partial charge in [0.15, 0.2) is 0 Å². The summed E-state index contributed by atoms with van der Waals surface area (Å²) in [6.45, 7) is 0. The topological polar surface area (TPSA) is 125 Å². The van der Waals surface area contributed by atoms with E-state index in [9.17, 15) is 19.7 Å². The van der Waals surface area contributed by atoms with Crippen LogP contribution in [0.2, 0.25) is 0 Å². The molecule has 0 radical (unpaired) electrons. The quantitative estimate of drug-likeness (QED) is 0.457. The van der Waals surface area contributed by atoms with Crippen LogP contribution in [0.25, 0.3) is 0 Å². The number of anilines is 1. The fraction of sp³-hybridized carbons (Fsp3) is 0.0909. The van der Waals surface area contributed by atoms with Crippen LogP contribution in [-0.2, 0) is 9.59 Å². The zero-order valence-electron chi connectivity index (χ0n) is 9.95. The summed E-state index contributed by atoms with van der Waals surface area (Å²) in [4.78, 5) is 32.0. The maximum absolute atomic E-state index is 11.4. The van der Waals surface area contributed by atoms with Crippen LogP contribution in [0.3, 0.4) is 0 Å². The molecular formula is C11H11N3O5. The van der Waals surface area contributed by atoms with Crippen molar-refractivity contribution in [2.45, 2.75) is 0 Å². The number of ether oxygens (including phenoxy) is 1. The van der Waals surface area contributed by atoms with Gasteiger partial charge >= 0.3 is 0 Å². The molecule has 0 saturated heterocycles. The third kappa shape index (κ3) is 4.11. The highest BCUT2D eigenvalue weighted by Gasteiger charge is 2.16. The van der Waals surface area contributed by atoms with Crippen molar-refractivity contribution in [3.8, 4) is 5.75 Å². The maximum Gasteiger partial charge on any atom is 0.296 e. The molecule has 0 aliphatic carbocycles. The van der Waals surface area contributed by atoms with E-state index in [0.717, 1.165) is 12.2 Å². The van der Waals surface area contributed by atoms with Gasteiger partial charge in [0, 0.05) is 12.2 Å². The number of primary amides is 1. The largest absolute Gasteiger partial charge is 0.496 e. The number of nitrogens with zero attached hydrogens (tertiary/aromatic N) is 1. The molecule has 0 aliphatic heterocycles. The molecule has 19 heavy (non-hydrogen) atoms. The summed E-state index contributed by atoms with van der Waals surface area (Å²) in [5, 5.41) is 13.1. The standard InChI is InChI=1S/C11H11N3O5/c1-19-7-2-3-8(9(6-7)14(17)18)13-11(16)5-4-10(12)15/h2-6H,1H3,(H2,12,15)(H,13,16). The number of nitro benzene ring substituents is 1. The number of methoxy groups -OCH3 is 1. The van der Waals surface area contributed by atoms with Crippen molar-refractivity contribution < 1.29 is 19.2 Å². The fourth-order valence-corrected chi connectivity index (χ4v) is 1.23. The molecule has 2 amide bonds. The van der Waals surface area contributed by atoms with Crippen LogP contribution in [0.15, 0.2) is 30.4 Å². The maximum atomic E-state index is 11.4. The molecule has 0 saturated carbocycles. The number of hydrogen-bond donors (Lipinski definition) is 2. The van der Waals surface area contributed by atoms with Gasteiger partial charge in [0.05, 0.1) is 18.1 Å². The van der Waals surface area contributed by atoms with Crippen molar-refractivity contribution in [3.05, 3.63) is 40.5 Å². The summed E-state index contributed by atoms with van der Waals surface area (Å²) in [5.41, 5.74) is 4.49. The van der Waals surface area contributed by atoms with Crippen LogP contribution in [0, 0.1) is 10.1 Å². The zero-order valence-corrected chi connectivity index (χ0v) is 9.95. The van der Waals surface area contributed by atoms with Crippen molar-refractivity contribution in [1.82, 2.24) is 0 Å². The Kier molecular flexibility index (Phi) is 4.58. The van der Waals surface area contributed by atoms with Crippen LogP contribution in [0.5, 0.6) is 5.75 Å². The summed E-state index contributed by atoms with van der Waals surface area (Å²) in [7, 11) is 1.37. The van der Waals surface area contributed by atoms with Crippen LogP contribution >= 0.6 is 0 Å². The van der Waals surface area contributed by atoms with Gasteiger partial charge in [-0.2, -0.15) is 0 Å². The third-order valence-electron chi connectivity index (χ3n) is 2.06. The number of rotatable bonds is 5. The van der Waals surface area contributed by atoms with Crippen molar-refractivity contribution >= 4 is 23.2 Å². The molecule has 3 N–H and O–H groups in total. The first-order valence-electron chi connectivity index (χ1n) is 5.05. The highest BCUT2D eigenvalue weighted by molar-refractivity contribution is 6.04. The summed E-state index contributed by atoms with van der Waals surface area (Å²) in [6.07, 6.45) is 1.74. The summed E-state index contributed by atoms with van der Waals surface area (Å²) >= 11 is 0. The summed E-state index contributed by atoms with van der Waals surface area (Å²) in [5.74, 6) is -1.20. The van der Waals surface area contributed by atoms with E-state index in [4.69, 9.17) is 10.5 Å².